The fourth-order valence-electron chi connectivity index (χ4n) is 4.24. The summed E-state index contributed by atoms with van der Waals surface area (Å²) >= 11 is 0. The smallest absolute Gasteiger partial charge is 0.271 e. The van der Waals surface area contributed by atoms with Crippen molar-refractivity contribution in [1.82, 2.24) is 4.90 Å². The second kappa shape index (κ2) is 14.0. The minimum atomic E-state index is -0.597. The number of benzene rings is 2. The Labute approximate surface area is 225 Å². The number of amides is 2. The highest BCUT2D eigenvalue weighted by Crippen LogP contribution is 2.32. The van der Waals surface area contributed by atoms with Crippen LogP contribution in [0.25, 0.3) is 6.08 Å². The zero-order valence-corrected chi connectivity index (χ0v) is 22.7. The maximum atomic E-state index is 13.5. The van der Waals surface area contributed by atoms with Crippen molar-refractivity contribution in [1.29, 1.82) is 5.26 Å². The lowest BCUT2D eigenvalue weighted by atomic mass is 9.93. The normalized spacial score (nSPS) is 14.6. The van der Waals surface area contributed by atoms with Crippen molar-refractivity contribution in [3.63, 3.8) is 0 Å². The zero-order chi connectivity index (χ0) is 27.5. The van der Waals surface area contributed by atoms with Crippen LogP contribution < -0.4 is 14.2 Å². The Bertz CT molecular complexity index is 1240. The van der Waals surface area contributed by atoms with E-state index in [1.807, 2.05) is 31.2 Å². The number of nitriles is 1. The van der Waals surface area contributed by atoms with Crippen molar-refractivity contribution in [3.8, 4) is 23.3 Å². The van der Waals surface area contributed by atoms with Gasteiger partial charge in [0, 0.05) is 5.57 Å². The van der Waals surface area contributed by atoms with E-state index in [2.05, 4.69) is 6.92 Å². The number of carbonyl (C=O) groups is 2. The Balaban J connectivity index is 1.86. The number of nitrogens with zero attached hydrogens (tertiary/aromatic N) is 2. The van der Waals surface area contributed by atoms with Crippen LogP contribution in [0.15, 0.2) is 59.2 Å². The molecule has 3 rings (SSSR count). The third-order valence-corrected chi connectivity index (χ3v) is 6.41. The minimum Gasteiger partial charge on any atom is -0.497 e. The first-order valence-electron chi connectivity index (χ1n) is 13.1. The molecule has 0 fully saturated rings. The number of carbonyl (C=O) groups excluding carboxylic acids is 2. The number of rotatable bonds is 13. The summed E-state index contributed by atoms with van der Waals surface area (Å²) in [5.74, 6) is 0.870. The maximum absolute atomic E-state index is 13.5. The Morgan fingerprint density at radius 2 is 1.66 bits per heavy atom. The molecule has 38 heavy (non-hydrogen) atoms. The Kier molecular flexibility index (Phi) is 10.5. The number of hydrogen-bond donors (Lipinski definition) is 0. The molecule has 0 unspecified atom stereocenters. The third-order valence-electron chi connectivity index (χ3n) is 6.41. The second-order valence-electron chi connectivity index (χ2n) is 9.12. The van der Waals surface area contributed by atoms with E-state index in [0.29, 0.717) is 47.2 Å². The number of unbranched alkanes of at least 4 members (excludes halogenated alkanes) is 4. The minimum absolute atomic E-state index is 0.0441. The predicted molar refractivity (Wildman–Crippen MR) is 147 cm³/mol. The van der Waals surface area contributed by atoms with E-state index >= 15 is 0 Å². The predicted octanol–water partition coefficient (Wildman–Crippen LogP) is 6.24. The van der Waals surface area contributed by atoms with Crippen LogP contribution in [0.3, 0.4) is 0 Å². The van der Waals surface area contributed by atoms with Gasteiger partial charge >= 0.3 is 0 Å². The van der Waals surface area contributed by atoms with Crippen molar-refractivity contribution in [2.24, 2.45) is 0 Å². The lowest BCUT2D eigenvalue weighted by Crippen LogP contribution is -2.42. The van der Waals surface area contributed by atoms with Crippen LogP contribution in [-0.2, 0) is 16.1 Å². The molecule has 2 aromatic rings. The Morgan fingerprint density at radius 1 is 0.921 bits per heavy atom. The van der Waals surface area contributed by atoms with Gasteiger partial charge in [-0.1, -0.05) is 50.8 Å². The van der Waals surface area contributed by atoms with E-state index < -0.39 is 11.8 Å². The summed E-state index contributed by atoms with van der Waals surface area (Å²) in [6, 6.07) is 14.6. The fourth-order valence-corrected chi connectivity index (χ4v) is 4.24. The molecular formula is C31H36N2O5. The SMILES string of the molecule is CCCCCCCOc1ccc(/C=C2/C(=O)N(Cc3ccc(OC)cc3)C(=O)C(C#N)=C2C)cc1OCC. The molecule has 1 heterocycles. The Hall–Kier alpha value is -4.05. The van der Waals surface area contributed by atoms with Gasteiger partial charge in [-0.3, -0.25) is 14.5 Å². The molecule has 0 aliphatic carbocycles. The quantitative estimate of drug-likeness (QED) is 0.178. The van der Waals surface area contributed by atoms with Gasteiger partial charge in [0.2, 0.25) is 0 Å². The molecule has 0 atom stereocenters. The average Bonchev–Trinajstić information content (AvgIpc) is 2.93. The zero-order valence-electron chi connectivity index (χ0n) is 22.7. The van der Waals surface area contributed by atoms with Gasteiger partial charge in [-0.15, -0.1) is 0 Å². The lowest BCUT2D eigenvalue weighted by Gasteiger charge is -2.27. The van der Waals surface area contributed by atoms with Crippen molar-refractivity contribution < 1.29 is 23.8 Å². The molecule has 0 spiro atoms. The Morgan fingerprint density at radius 3 is 2.32 bits per heavy atom. The summed E-state index contributed by atoms with van der Waals surface area (Å²) in [4.78, 5) is 27.6. The van der Waals surface area contributed by atoms with Crippen LogP contribution in [0.2, 0.25) is 0 Å². The van der Waals surface area contributed by atoms with E-state index in [9.17, 15) is 14.9 Å². The van der Waals surface area contributed by atoms with E-state index in [1.54, 1.807) is 44.4 Å². The summed E-state index contributed by atoms with van der Waals surface area (Å²) < 4.78 is 17.0. The van der Waals surface area contributed by atoms with Gasteiger partial charge in [0.15, 0.2) is 11.5 Å². The number of imide groups is 1. The van der Waals surface area contributed by atoms with Gasteiger partial charge in [-0.2, -0.15) is 5.26 Å². The molecule has 0 saturated heterocycles. The second-order valence-corrected chi connectivity index (χ2v) is 9.12. The molecule has 2 aromatic carbocycles. The average molecular weight is 517 g/mol. The van der Waals surface area contributed by atoms with E-state index in [4.69, 9.17) is 14.2 Å². The summed E-state index contributed by atoms with van der Waals surface area (Å²) in [7, 11) is 1.57. The van der Waals surface area contributed by atoms with E-state index in [0.717, 1.165) is 23.3 Å². The number of methoxy groups -OCH3 is 1. The third kappa shape index (κ3) is 7.04. The van der Waals surface area contributed by atoms with Gasteiger partial charge in [0.05, 0.1) is 26.9 Å². The van der Waals surface area contributed by atoms with Crippen LogP contribution in [0.1, 0.15) is 64.0 Å². The van der Waals surface area contributed by atoms with Crippen molar-refractivity contribution in [2.75, 3.05) is 20.3 Å². The first kappa shape index (κ1) is 28.5. The van der Waals surface area contributed by atoms with Crippen molar-refractivity contribution in [3.05, 3.63) is 70.3 Å². The van der Waals surface area contributed by atoms with Crippen LogP contribution in [0.4, 0.5) is 0 Å². The standard InChI is InChI=1S/C31H36N2O5/c1-5-7-8-9-10-17-38-28-16-13-24(19-29(28)37-6-2)18-26-22(3)27(20-32)31(35)33(30(26)34)21-23-11-14-25(36-4)15-12-23/h11-16,18-19H,5-10,17,21H2,1-4H3/b26-18+. The summed E-state index contributed by atoms with van der Waals surface area (Å²) in [6.45, 7) is 6.85. The van der Waals surface area contributed by atoms with Crippen LogP contribution >= 0.6 is 0 Å². The van der Waals surface area contributed by atoms with Crippen LogP contribution in [-0.4, -0.2) is 37.0 Å². The first-order valence-corrected chi connectivity index (χ1v) is 13.1. The highest BCUT2D eigenvalue weighted by Gasteiger charge is 2.35. The van der Waals surface area contributed by atoms with Crippen molar-refractivity contribution in [2.45, 2.75) is 59.4 Å². The fraction of sp³-hybridized carbons (Fsp3) is 0.387. The van der Waals surface area contributed by atoms with Crippen LogP contribution in [0, 0.1) is 11.3 Å². The molecule has 1 aliphatic heterocycles. The largest absolute Gasteiger partial charge is 0.497 e. The molecule has 7 heteroatoms. The topological polar surface area (TPSA) is 88.9 Å². The van der Waals surface area contributed by atoms with E-state index in [1.165, 1.54) is 19.3 Å². The molecular weight excluding hydrogens is 480 g/mol. The summed E-state index contributed by atoms with van der Waals surface area (Å²) in [5, 5.41) is 9.71. The molecule has 0 bridgehead atoms. The van der Waals surface area contributed by atoms with E-state index in [-0.39, 0.29) is 12.1 Å². The lowest BCUT2D eigenvalue weighted by molar-refractivity contribution is -0.141. The summed E-state index contributed by atoms with van der Waals surface area (Å²) in [6.07, 6.45) is 7.44. The van der Waals surface area contributed by atoms with Gasteiger partial charge in [0.1, 0.15) is 17.4 Å². The first-order chi connectivity index (χ1) is 18.4. The molecule has 1 aliphatic rings. The molecule has 7 nitrogen and oxygen atoms in total. The van der Waals surface area contributed by atoms with Crippen LogP contribution in [0.5, 0.6) is 17.2 Å². The molecule has 200 valence electrons. The highest BCUT2D eigenvalue weighted by atomic mass is 16.5. The number of ether oxygens (including phenoxy) is 3. The van der Waals surface area contributed by atoms with Gasteiger partial charge in [0.25, 0.3) is 11.8 Å². The van der Waals surface area contributed by atoms with Gasteiger partial charge in [-0.25, -0.2) is 0 Å². The molecule has 2 amide bonds. The van der Waals surface area contributed by atoms with Crippen molar-refractivity contribution >= 4 is 17.9 Å². The summed E-state index contributed by atoms with van der Waals surface area (Å²) in [5.41, 5.74) is 2.07. The highest BCUT2D eigenvalue weighted by molar-refractivity contribution is 6.19. The van der Waals surface area contributed by atoms with Gasteiger partial charge < -0.3 is 14.2 Å². The molecule has 0 aromatic heterocycles. The molecule has 0 radical (unpaired) electrons. The number of hydrogen-bond acceptors (Lipinski definition) is 6. The van der Waals surface area contributed by atoms with Gasteiger partial charge in [-0.05, 0) is 67.3 Å². The maximum Gasteiger partial charge on any atom is 0.271 e. The molecule has 0 saturated carbocycles. The monoisotopic (exact) mass is 516 g/mol. The molecule has 0 N–H and O–H groups in total.